The smallest absolute Gasteiger partial charge is 0.169 e. The highest BCUT2D eigenvalue weighted by Crippen LogP contribution is 2.51. The van der Waals surface area contributed by atoms with Crippen LogP contribution in [0.25, 0.3) is 0 Å². The fraction of sp³-hybridized carbons (Fsp3) is 0.760. The van der Waals surface area contributed by atoms with Crippen LogP contribution >= 0.6 is 0 Å². The maximum atomic E-state index is 11.4. The predicted molar refractivity (Wildman–Crippen MR) is 112 cm³/mol. The van der Waals surface area contributed by atoms with Crippen LogP contribution in [0.1, 0.15) is 69.8 Å². The van der Waals surface area contributed by atoms with E-state index in [0.717, 1.165) is 56.9 Å². The fourth-order valence-electron chi connectivity index (χ4n) is 6.34. The zero-order chi connectivity index (χ0) is 20.9. The second kappa shape index (κ2) is 8.08. The van der Waals surface area contributed by atoms with Gasteiger partial charge in [0, 0.05) is 25.7 Å². The summed E-state index contributed by atoms with van der Waals surface area (Å²) in [5, 5.41) is 11.4. The number of ether oxygens (including phenoxy) is 5. The number of hydrogen-bond donors (Lipinski definition) is 1. The van der Waals surface area contributed by atoms with Crippen molar-refractivity contribution in [2.75, 3.05) is 0 Å². The zero-order valence-corrected chi connectivity index (χ0v) is 18.1. The highest BCUT2D eigenvalue weighted by atomic mass is 16.8. The average Bonchev–Trinajstić information content (AvgIpc) is 3.34. The molecule has 2 saturated heterocycles. The van der Waals surface area contributed by atoms with Crippen LogP contribution in [0.15, 0.2) is 30.3 Å². The van der Waals surface area contributed by atoms with Crippen molar-refractivity contribution < 1.29 is 28.8 Å². The van der Waals surface area contributed by atoms with Crippen molar-refractivity contribution in [1.29, 1.82) is 0 Å². The van der Waals surface area contributed by atoms with E-state index in [4.69, 9.17) is 23.7 Å². The van der Waals surface area contributed by atoms with Gasteiger partial charge in [-0.25, -0.2) is 0 Å². The molecule has 6 nitrogen and oxygen atoms in total. The largest absolute Gasteiger partial charge is 0.387 e. The van der Waals surface area contributed by atoms with Gasteiger partial charge in [0.1, 0.15) is 36.6 Å². The second-order valence-corrected chi connectivity index (χ2v) is 10.0. The Kier molecular flexibility index (Phi) is 5.37. The van der Waals surface area contributed by atoms with E-state index in [1.807, 2.05) is 30.3 Å². The van der Waals surface area contributed by atoms with Gasteiger partial charge in [0.15, 0.2) is 11.6 Å². The highest BCUT2D eigenvalue weighted by Gasteiger charge is 2.66. The normalized spacial score (nSPS) is 40.7. The van der Waals surface area contributed by atoms with Crippen molar-refractivity contribution in [2.24, 2.45) is 0 Å². The number of rotatable bonds is 3. The van der Waals surface area contributed by atoms with Crippen LogP contribution in [0, 0.1) is 0 Å². The molecule has 0 unspecified atom stereocenters. The summed E-state index contributed by atoms with van der Waals surface area (Å²) in [6.45, 7) is 0.422. The van der Waals surface area contributed by atoms with Crippen molar-refractivity contribution in [3.05, 3.63) is 35.9 Å². The number of aliphatic hydroxyl groups excluding tert-OH is 1. The van der Waals surface area contributed by atoms with Crippen LogP contribution in [0.5, 0.6) is 0 Å². The summed E-state index contributed by atoms with van der Waals surface area (Å²) in [5.74, 6) is -1.15. The number of fused-ring (bicyclic) bond motifs is 3. The van der Waals surface area contributed by atoms with Gasteiger partial charge in [0.2, 0.25) is 0 Å². The number of aliphatic hydroxyl groups is 1. The Labute approximate surface area is 184 Å². The molecule has 0 amide bonds. The summed E-state index contributed by atoms with van der Waals surface area (Å²) in [6.07, 6.45) is 7.70. The molecule has 5 aliphatic rings. The third kappa shape index (κ3) is 3.65. The zero-order valence-electron chi connectivity index (χ0n) is 18.1. The third-order valence-corrected chi connectivity index (χ3v) is 7.89. The van der Waals surface area contributed by atoms with Crippen molar-refractivity contribution in [3.63, 3.8) is 0 Å². The molecule has 6 heteroatoms. The van der Waals surface area contributed by atoms with E-state index in [1.54, 1.807) is 0 Å². The Morgan fingerprint density at radius 2 is 1.23 bits per heavy atom. The first kappa shape index (κ1) is 20.6. The van der Waals surface area contributed by atoms with Crippen LogP contribution in [0.3, 0.4) is 0 Å². The Hall–Kier alpha value is -1.02. The van der Waals surface area contributed by atoms with Gasteiger partial charge in [-0.1, -0.05) is 43.2 Å². The van der Waals surface area contributed by atoms with Crippen molar-refractivity contribution >= 4 is 0 Å². The molecular weight excluding hydrogens is 396 g/mol. The Morgan fingerprint density at radius 1 is 0.710 bits per heavy atom. The minimum atomic E-state index is -0.807. The van der Waals surface area contributed by atoms with Gasteiger partial charge in [-0.2, -0.15) is 0 Å². The lowest BCUT2D eigenvalue weighted by Crippen LogP contribution is -2.62. The Morgan fingerprint density at radius 3 is 1.84 bits per heavy atom. The van der Waals surface area contributed by atoms with Gasteiger partial charge in [-0.05, 0) is 31.2 Å². The molecule has 0 aromatic heterocycles. The van der Waals surface area contributed by atoms with Gasteiger partial charge < -0.3 is 28.8 Å². The molecule has 3 saturated carbocycles. The van der Waals surface area contributed by atoms with Crippen LogP contribution in [-0.2, 0) is 30.3 Å². The number of benzene rings is 1. The molecule has 170 valence electrons. The van der Waals surface area contributed by atoms with E-state index in [9.17, 15) is 5.11 Å². The van der Waals surface area contributed by atoms with Crippen LogP contribution < -0.4 is 0 Å². The van der Waals surface area contributed by atoms with Crippen molar-refractivity contribution in [3.8, 4) is 0 Å². The van der Waals surface area contributed by atoms with Crippen LogP contribution in [0.4, 0.5) is 0 Å². The molecule has 6 atom stereocenters. The minimum Gasteiger partial charge on any atom is -0.387 e. The van der Waals surface area contributed by atoms with Gasteiger partial charge in [0.25, 0.3) is 0 Å². The average molecular weight is 431 g/mol. The van der Waals surface area contributed by atoms with Crippen LogP contribution in [0.2, 0.25) is 0 Å². The van der Waals surface area contributed by atoms with E-state index in [1.165, 1.54) is 12.8 Å². The van der Waals surface area contributed by atoms with Gasteiger partial charge in [-0.15, -0.1) is 0 Å². The molecule has 31 heavy (non-hydrogen) atoms. The molecule has 6 rings (SSSR count). The maximum absolute atomic E-state index is 11.4. The summed E-state index contributed by atoms with van der Waals surface area (Å²) in [6, 6.07) is 10.1. The summed E-state index contributed by atoms with van der Waals surface area (Å²) in [4.78, 5) is 0. The van der Waals surface area contributed by atoms with E-state index in [0.29, 0.717) is 6.61 Å². The first-order valence-corrected chi connectivity index (χ1v) is 12.2. The predicted octanol–water partition coefficient (Wildman–Crippen LogP) is 3.84. The van der Waals surface area contributed by atoms with Gasteiger partial charge in [-0.3, -0.25) is 0 Å². The lowest BCUT2D eigenvalue weighted by Gasteiger charge is -2.40. The lowest BCUT2D eigenvalue weighted by atomic mass is 9.85. The Bertz CT molecular complexity index is 757. The first-order chi connectivity index (χ1) is 15.2. The van der Waals surface area contributed by atoms with E-state index in [-0.39, 0.29) is 18.3 Å². The monoisotopic (exact) mass is 430 g/mol. The summed E-state index contributed by atoms with van der Waals surface area (Å²) in [7, 11) is 0. The second-order valence-electron chi connectivity index (χ2n) is 10.0. The first-order valence-electron chi connectivity index (χ1n) is 12.2. The van der Waals surface area contributed by atoms with Gasteiger partial charge >= 0.3 is 0 Å². The molecule has 2 aliphatic heterocycles. The van der Waals surface area contributed by atoms with E-state index in [2.05, 4.69) is 0 Å². The molecule has 1 aromatic rings. The minimum absolute atomic E-state index is 0.270. The molecule has 0 radical (unpaired) electrons. The SMILES string of the molecule is O[C@H]1[C@H]2OC3(CCCCC3)O[C@@H]2[C@@H]2OC3(CCCCC3)O[C@H]2[C@H]1OCc1ccccc1. The molecule has 0 bridgehead atoms. The van der Waals surface area contributed by atoms with Gasteiger partial charge in [0.05, 0.1) is 6.61 Å². The summed E-state index contributed by atoms with van der Waals surface area (Å²) < 4.78 is 32.6. The van der Waals surface area contributed by atoms with Crippen LogP contribution in [-0.4, -0.2) is 53.3 Å². The summed E-state index contributed by atoms with van der Waals surface area (Å²) >= 11 is 0. The van der Waals surface area contributed by atoms with E-state index >= 15 is 0 Å². The maximum Gasteiger partial charge on any atom is 0.169 e. The number of hydrogen-bond acceptors (Lipinski definition) is 6. The fourth-order valence-corrected chi connectivity index (χ4v) is 6.34. The molecular formula is C25H34O6. The lowest BCUT2D eigenvalue weighted by molar-refractivity contribution is -0.227. The van der Waals surface area contributed by atoms with E-state index < -0.39 is 29.9 Å². The molecule has 2 spiro atoms. The van der Waals surface area contributed by atoms with Crippen molar-refractivity contribution in [2.45, 2.75) is 119 Å². The molecule has 5 fully saturated rings. The highest BCUT2D eigenvalue weighted by molar-refractivity contribution is 5.14. The Balaban J connectivity index is 1.28. The molecule has 2 heterocycles. The standard InChI is InChI=1S/C25H34O6/c26-18-19(27-16-17-10-4-1-5-11-17)21-23(31-25(29-21)14-8-3-9-15-25)22-20(18)28-24(30-22)12-6-2-7-13-24/h1,4-5,10-11,18-23,26H,2-3,6-9,12-16H2/t18-,19+,20-,21+,22+,23-/m1/s1. The molecule has 1 aromatic carbocycles. The molecule has 1 N–H and O–H groups in total. The molecule has 3 aliphatic carbocycles. The topological polar surface area (TPSA) is 66.4 Å². The quantitative estimate of drug-likeness (QED) is 0.786. The summed E-state index contributed by atoms with van der Waals surface area (Å²) in [5.41, 5.74) is 1.08. The van der Waals surface area contributed by atoms with Crippen molar-refractivity contribution in [1.82, 2.24) is 0 Å². The third-order valence-electron chi connectivity index (χ3n) is 7.89.